The van der Waals surface area contributed by atoms with Gasteiger partial charge in [-0.15, -0.1) is 0 Å². The highest BCUT2D eigenvalue weighted by Crippen LogP contribution is 2.26. The van der Waals surface area contributed by atoms with Crippen LogP contribution < -0.4 is 5.32 Å². The van der Waals surface area contributed by atoms with Gasteiger partial charge in [-0.05, 0) is 65.7 Å². The maximum atomic E-state index is 12.4. The number of amides is 1. The molecule has 1 amide bonds. The van der Waals surface area contributed by atoms with E-state index in [0.717, 1.165) is 17.8 Å². The van der Waals surface area contributed by atoms with Crippen molar-refractivity contribution in [3.8, 4) is 0 Å². The Hall–Kier alpha value is -1.71. The van der Waals surface area contributed by atoms with Crippen molar-refractivity contribution < 1.29 is 9.53 Å². The molecule has 0 aliphatic rings. The quantitative estimate of drug-likeness (QED) is 0.854. The third kappa shape index (κ3) is 4.93. The summed E-state index contributed by atoms with van der Waals surface area (Å²) in [6, 6.07) is 6.26. The van der Waals surface area contributed by atoms with Gasteiger partial charge in [0.15, 0.2) is 0 Å². The molecule has 1 unspecified atom stereocenters. The molecule has 0 saturated heterocycles. The molecular formula is C18H30N2O2. The summed E-state index contributed by atoms with van der Waals surface area (Å²) in [4.78, 5) is 14.1. The van der Waals surface area contributed by atoms with Crippen LogP contribution in [-0.4, -0.2) is 29.7 Å². The van der Waals surface area contributed by atoms with E-state index < -0.39 is 5.60 Å². The number of carbonyl (C=O) groups is 1. The van der Waals surface area contributed by atoms with Crippen molar-refractivity contribution >= 4 is 11.8 Å². The molecule has 1 rings (SSSR count). The van der Waals surface area contributed by atoms with Crippen molar-refractivity contribution in [3.63, 3.8) is 0 Å². The number of hydrogen-bond donors (Lipinski definition) is 1. The summed E-state index contributed by atoms with van der Waals surface area (Å²) in [5.41, 5.74) is 2.95. The normalized spacial score (nSPS) is 12.7. The predicted molar refractivity (Wildman–Crippen MR) is 92.4 cm³/mol. The van der Waals surface area contributed by atoms with Crippen LogP contribution in [0.4, 0.5) is 10.5 Å². The fourth-order valence-corrected chi connectivity index (χ4v) is 2.34. The number of rotatable bonds is 5. The van der Waals surface area contributed by atoms with E-state index in [1.807, 2.05) is 34.6 Å². The number of nitrogens with zero attached hydrogens (tertiary/aromatic N) is 1. The summed E-state index contributed by atoms with van der Waals surface area (Å²) in [7, 11) is 0. The number of hydrogen-bond acceptors (Lipinski definition) is 3. The van der Waals surface area contributed by atoms with Gasteiger partial charge in [0.05, 0.1) is 6.04 Å². The Bertz CT molecular complexity index is 506. The molecule has 0 aliphatic heterocycles. The van der Waals surface area contributed by atoms with Crippen molar-refractivity contribution in [3.05, 3.63) is 29.3 Å². The van der Waals surface area contributed by atoms with Gasteiger partial charge in [-0.1, -0.05) is 12.1 Å². The highest BCUT2D eigenvalue weighted by atomic mass is 16.6. The first-order chi connectivity index (χ1) is 10.2. The molecule has 1 atom stereocenters. The number of nitrogens with one attached hydrogen (secondary N) is 1. The molecular weight excluding hydrogens is 276 g/mol. The first-order valence-corrected chi connectivity index (χ1v) is 8.03. The molecule has 124 valence electrons. The third-order valence-electron chi connectivity index (χ3n) is 3.55. The Morgan fingerprint density at radius 2 is 1.95 bits per heavy atom. The first kappa shape index (κ1) is 18.3. The molecule has 22 heavy (non-hydrogen) atoms. The average Bonchev–Trinajstić information content (AvgIpc) is 2.40. The fraction of sp³-hybridized carbons (Fsp3) is 0.611. The van der Waals surface area contributed by atoms with E-state index in [9.17, 15) is 4.79 Å². The summed E-state index contributed by atoms with van der Waals surface area (Å²) in [5, 5.41) is 3.36. The standard InChI is InChI=1S/C18H30N2O2/c1-8-19-16-12-15(11-10-13(16)3)14(4)20(9-2)17(21)22-18(5,6)7/h10-12,14,19H,8-9H2,1-7H3. The van der Waals surface area contributed by atoms with Crippen molar-refractivity contribution in [2.45, 2.75) is 60.1 Å². The summed E-state index contributed by atoms with van der Waals surface area (Å²) < 4.78 is 5.51. The molecule has 0 bridgehead atoms. The Kier molecular flexibility index (Phi) is 6.27. The zero-order valence-electron chi connectivity index (χ0n) is 15.0. The van der Waals surface area contributed by atoms with E-state index in [2.05, 4.69) is 37.4 Å². The third-order valence-corrected chi connectivity index (χ3v) is 3.55. The zero-order valence-corrected chi connectivity index (χ0v) is 15.0. The maximum Gasteiger partial charge on any atom is 0.410 e. The molecule has 0 fully saturated rings. The van der Waals surface area contributed by atoms with Crippen LogP contribution in [-0.2, 0) is 4.74 Å². The van der Waals surface area contributed by atoms with Gasteiger partial charge in [0.25, 0.3) is 0 Å². The average molecular weight is 306 g/mol. The van der Waals surface area contributed by atoms with Gasteiger partial charge in [-0.3, -0.25) is 0 Å². The van der Waals surface area contributed by atoms with E-state index in [4.69, 9.17) is 4.74 Å². The highest BCUT2D eigenvalue weighted by molar-refractivity contribution is 5.69. The Balaban J connectivity index is 2.98. The molecule has 0 radical (unpaired) electrons. The van der Waals surface area contributed by atoms with Crippen molar-refractivity contribution in [2.75, 3.05) is 18.4 Å². The predicted octanol–water partition coefficient (Wildman–Crippen LogP) is 4.74. The Morgan fingerprint density at radius 1 is 1.32 bits per heavy atom. The van der Waals surface area contributed by atoms with Gasteiger partial charge in [-0.25, -0.2) is 4.79 Å². The number of ether oxygens (including phenoxy) is 1. The van der Waals surface area contributed by atoms with Gasteiger partial charge in [0, 0.05) is 18.8 Å². The van der Waals surface area contributed by atoms with Crippen LogP contribution in [0.25, 0.3) is 0 Å². The van der Waals surface area contributed by atoms with E-state index in [1.54, 1.807) is 4.90 Å². The van der Waals surface area contributed by atoms with Crippen molar-refractivity contribution in [1.82, 2.24) is 4.90 Å². The minimum Gasteiger partial charge on any atom is -0.444 e. The van der Waals surface area contributed by atoms with Gasteiger partial charge in [0.1, 0.15) is 5.60 Å². The van der Waals surface area contributed by atoms with Crippen LogP contribution >= 0.6 is 0 Å². The highest BCUT2D eigenvalue weighted by Gasteiger charge is 2.25. The van der Waals surface area contributed by atoms with Gasteiger partial charge in [-0.2, -0.15) is 0 Å². The minimum atomic E-state index is -0.480. The van der Waals surface area contributed by atoms with Gasteiger partial charge < -0.3 is 15.0 Å². The molecule has 0 heterocycles. The summed E-state index contributed by atoms with van der Waals surface area (Å²) in [6.45, 7) is 15.3. The van der Waals surface area contributed by atoms with Crippen LogP contribution in [0.15, 0.2) is 18.2 Å². The van der Waals surface area contributed by atoms with Crippen LogP contribution in [0, 0.1) is 6.92 Å². The topological polar surface area (TPSA) is 41.6 Å². The van der Waals surface area contributed by atoms with Crippen molar-refractivity contribution in [2.24, 2.45) is 0 Å². The number of anilines is 1. The molecule has 1 aromatic carbocycles. The second-order valence-electron chi connectivity index (χ2n) is 6.55. The zero-order chi connectivity index (χ0) is 16.9. The Morgan fingerprint density at radius 3 is 2.45 bits per heavy atom. The number of carbonyl (C=O) groups excluding carboxylic acids is 1. The van der Waals surface area contributed by atoms with Gasteiger partial charge >= 0.3 is 6.09 Å². The number of aryl methyl sites for hydroxylation is 1. The lowest BCUT2D eigenvalue weighted by Gasteiger charge is -2.31. The van der Waals surface area contributed by atoms with Crippen LogP contribution in [0.1, 0.15) is 58.7 Å². The molecule has 0 saturated carbocycles. The lowest BCUT2D eigenvalue weighted by Crippen LogP contribution is -2.38. The van der Waals surface area contributed by atoms with Crippen LogP contribution in [0.3, 0.4) is 0 Å². The largest absolute Gasteiger partial charge is 0.444 e. The molecule has 4 heteroatoms. The molecule has 1 aromatic rings. The second-order valence-corrected chi connectivity index (χ2v) is 6.55. The second kappa shape index (κ2) is 7.52. The lowest BCUT2D eigenvalue weighted by atomic mass is 10.0. The van der Waals surface area contributed by atoms with E-state index >= 15 is 0 Å². The van der Waals surface area contributed by atoms with Crippen molar-refractivity contribution in [1.29, 1.82) is 0 Å². The Labute approximate surface area is 134 Å². The maximum absolute atomic E-state index is 12.4. The van der Waals surface area contributed by atoms with Crippen LogP contribution in [0.5, 0.6) is 0 Å². The molecule has 0 spiro atoms. The molecule has 4 nitrogen and oxygen atoms in total. The SMILES string of the molecule is CCNc1cc(C(C)N(CC)C(=O)OC(C)(C)C)ccc1C. The first-order valence-electron chi connectivity index (χ1n) is 8.03. The van der Waals surface area contributed by atoms with E-state index in [0.29, 0.717) is 6.54 Å². The minimum absolute atomic E-state index is 0.0298. The smallest absolute Gasteiger partial charge is 0.410 e. The lowest BCUT2D eigenvalue weighted by molar-refractivity contribution is 0.0186. The summed E-state index contributed by atoms with van der Waals surface area (Å²) in [5.74, 6) is 0. The number of benzene rings is 1. The van der Waals surface area contributed by atoms with E-state index in [1.165, 1.54) is 5.56 Å². The molecule has 1 N–H and O–H groups in total. The van der Waals surface area contributed by atoms with Gasteiger partial charge in [0.2, 0.25) is 0 Å². The fourth-order valence-electron chi connectivity index (χ4n) is 2.34. The van der Waals surface area contributed by atoms with E-state index in [-0.39, 0.29) is 12.1 Å². The summed E-state index contributed by atoms with van der Waals surface area (Å²) >= 11 is 0. The van der Waals surface area contributed by atoms with Crippen LogP contribution in [0.2, 0.25) is 0 Å². The molecule has 0 aromatic heterocycles. The monoisotopic (exact) mass is 306 g/mol. The summed E-state index contributed by atoms with van der Waals surface area (Å²) in [6.07, 6.45) is -0.270. The molecule has 0 aliphatic carbocycles.